The van der Waals surface area contributed by atoms with Gasteiger partial charge in [0, 0.05) is 40.8 Å². The van der Waals surface area contributed by atoms with Gasteiger partial charge in [0.15, 0.2) is 5.82 Å². The van der Waals surface area contributed by atoms with Gasteiger partial charge in [-0.3, -0.25) is 4.79 Å². The second-order valence-electron chi connectivity index (χ2n) is 9.38. The Morgan fingerprint density at radius 1 is 1.25 bits per heavy atom. The van der Waals surface area contributed by atoms with E-state index in [-0.39, 0.29) is 18.6 Å². The van der Waals surface area contributed by atoms with E-state index >= 15 is 0 Å². The maximum atomic E-state index is 12.6. The number of hydrogen-bond donors (Lipinski definition) is 1. The molecule has 186 valence electrons. The first-order valence-electron chi connectivity index (χ1n) is 12.0. The molecule has 3 heterocycles. The van der Waals surface area contributed by atoms with Crippen molar-refractivity contribution in [1.82, 2.24) is 24.6 Å². The summed E-state index contributed by atoms with van der Waals surface area (Å²) in [5, 5.41) is 5.75. The van der Waals surface area contributed by atoms with Gasteiger partial charge in [-0.25, -0.2) is 14.6 Å². The van der Waals surface area contributed by atoms with Gasteiger partial charge in [0.1, 0.15) is 24.2 Å². The van der Waals surface area contributed by atoms with E-state index in [0.29, 0.717) is 23.7 Å². The summed E-state index contributed by atoms with van der Waals surface area (Å²) in [6.07, 6.45) is 2.20. The fraction of sp³-hybridized carbons (Fsp3) is 0.333. The van der Waals surface area contributed by atoms with Gasteiger partial charge in [-0.1, -0.05) is 29.8 Å². The van der Waals surface area contributed by atoms with Gasteiger partial charge in [0.2, 0.25) is 5.91 Å². The number of nitrogens with zero attached hydrogens (tertiary/aromatic N) is 5. The standard InChI is InChI=1S/C27H29ClN6O2/c1-15-10-19(17(3)34-9-8-23(29)27(34)35)21(22(28)11-15)13-36-24-7-5-6-18-20(12-16(2)32-25(18)24)26-30-14-31-33(26)4/h5-7,10-12,14,17,23H,8-9,13,29H2,1-4H3/t17-,23-/m0/s1. The number of halogens is 1. The molecule has 0 bridgehead atoms. The molecule has 0 radical (unpaired) electrons. The minimum atomic E-state index is -0.444. The second-order valence-corrected chi connectivity index (χ2v) is 9.78. The Hall–Kier alpha value is -3.49. The molecular weight excluding hydrogens is 476 g/mol. The van der Waals surface area contributed by atoms with Crippen LogP contribution in [0.3, 0.4) is 0 Å². The minimum absolute atomic E-state index is 0.0305. The zero-order valence-corrected chi connectivity index (χ0v) is 21.6. The molecule has 1 aliphatic rings. The number of rotatable bonds is 6. The number of likely N-dealkylation sites (tertiary alicyclic amines) is 1. The predicted molar refractivity (Wildman–Crippen MR) is 140 cm³/mol. The maximum Gasteiger partial charge on any atom is 0.240 e. The first-order valence-corrected chi connectivity index (χ1v) is 12.3. The van der Waals surface area contributed by atoms with Crippen LogP contribution in [0.4, 0.5) is 0 Å². The predicted octanol–water partition coefficient (Wildman–Crippen LogP) is 4.50. The Morgan fingerprint density at radius 2 is 2.06 bits per heavy atom. The maximum absolute atomic E-state index is 12.6. The fourth-order valence-corrected chi connectivity index (χ4v) is 5.28. The minimum Gasteiger partial charge on any atom is -0.487 e. The molecule has 0 spiro atoms. The van der Waals surface area contributed by atoms with E-state index in [1.165, 1.54) is 6.33 Å². The van der Waals surface area contributed by atoms with E-state index in [0.717, 1.165) is 44.7 Å². The molecule has 36 heavy (non-hydrogen) atoms. The fourth-order valence-electron chi connectivity index (χ4n) is 4.94. The molecule has 0 aliphatic carbocycles. The van der Waals surface area contributed by atoms with Crippen molar-refractivity contribution in [2.75, 3.05) is 6.54 Å². The van der Waals surface area contributed by atoms with Crippen LogP contribution in [-0.4, -0.2) is 43.1 Å². The van der Waals surface area contributed by atoms with E-state index in [4.69, 9.17) is 27.1 Å². The van der Waals surface area contributed by atoms with Crippen molar-refractivity contribution >= 4 is 28.4 Å². The van der Waals surface area contributed by atoms with Crippen LogP contribution >= 0.6 is 11.6 Å². The van der Waals surface area contributed by atoms with Crippen LogP contribution in [0.15, 0.2) is 42.7 Å². The molecule has 2 atom stereocenters. The molecular formula is C27H29ClN6O2. The molecule has 2 aromatic heterocycles. The number of aryl methyl sites for hydroxylation is 3. The van der Waals surface area contributed by atoms with Gasteiger partial charge < -0.3 is 15.4 Å². The van der Waals surface area contributed by atoms with Crippen LogP contribution in [0.1, 0.15) is 41.8 Å². The van der Waals surface area contributed by atoms with Crippen LogP contribution in [-0.2, 0) is 18.4 Å². The van der Waals surface area contributed by atoms with Crippen LogP contribution in [0.25, 0.3) is 22.3 Å². The molecule has 5 rings (SSSR count). The van der Waals surface area contributed by atoms with Gasteiger partial charge in [-0.05, 0) is 56.5 Å². The number of carbonyl (C=O) groups excluding carboxylic acids is 1. The summed E-state index contributed by atoms with van der Waals surface area (Å²) >= 11 is 6.73. The Balaban J connectivity index is 1.52. The van der Waals surface area contributed by atoms with E-state index < -0.39 is 6.04 Å². The van der Waals surface area contributed by atoms with Crippen LogP contribution in [0.5, 0.6) is 5.75 Å². The third kappa shape index (κ3) is 4.31. The second kappa shape index (κ2) is 9.52. The highest BCUT2D eigenvalue weighted by molar-refractivity contribution is 6.31. The molecule has 2 N–H and O–H groups in total. The quantitative estimate of drug-likeness (QED) is 0.415. The van der Waals surface area contributed by atoms with Crippen molar-refractivity contribution in [3.8, 4) is 17.1 Å². The lowest BCUT2D eigenvalue weighted by Gasteiger charge is -2.28. The van der Waals surface area contributed by atoms with Crippen molar-refractivity contribution in [1.29, 1.82) is 0 Å². The van der Waals surface area contributed by atoms with Crippen LogP contribution in [0, 0.1) is 13.8 Å². The van der Waals surface area contributed by atoms with Gasteiger partial charge >= 0.3 is 0 Å². The lowest BCUT2D eigenvalue weighted by molar-refractivity contribution is -0.130. The van der Waals surface area contributed by atoms with Crippen LogP contribution < -0.4 is 10.5 Å². The molecule has 2 aromatic carbocycles. The highest BCUT2D eigenvalue weighted by atomic mass is 35.5. The zero-order valence-electron chi connectivity index (χ0n) is 20.8. The van der Waals surface area contributed by atoms with E-state index in [9.17, 15) is 4.79 Å². The molecule has 0 saturated carbocycles. The number of hydrogen-bond acceptors (Lipinski definition) is 6. The monoisotopic (exact) mass is 504 g/mol. The molecule has 1 aliphatic heterocycles. The average Bonchev–Trinajstić information content (AvgIpc) is 3.42. The Kier molecular flexibility index (Phi) is 6.40. The van der Waals surface area contributed by atoms with Gasteiger partial charge in [-0.15, -0.1) is 0 Å². The van der Waals surface area contributed by atoms with Crippen molar-refractivity contribution in [2.24, 2.45) is 12.8 Å². The summed E-state index contributed by atoms with van der Waals surface area (Å²) in [7, 11) is 1.87. The van der Waals surface area contributed by atoms with Crippen molar-refractivity contribution < 1.29 is 9.53 Å². The van der Waals surface area contributed by atoms with Crippen LogP contribution in [0.2, 0.25) is 5.02 Å². The van der Waals surface area contributed by atoms with Gasteiger partial charge in [0.05, 0.1) is 12.1 Å². The Morgan fingerprint density at radius 3 is 2.75 bits per heavy atom. The molecule has 9 heteroatoms. The van der Waals surface area contributed by atoms with E-state index in [2.05, 4.69) is 16.1 Å². The number of ether oxygens (including phenoxy) is 1. The number of aromatic nitrogens is 4. The topological polar surface area (TPSA) is 99.2 Å². The number of fused-ring (bicyclic) bond motifs is 1. The number of benzene rings is 2. The number of amides is 1. The number of para-hydroxylation sites is 1. The summed E-state index contributed by atoms with van der Waals surface area (Å²) in [5.74, 6) is 1.37. The lowest BCUT2D eigenvalue weighted by atomic mass is 9.98. The molecule has 1 amide bonds. The SMILES string of the molecule is Cc1cc(Cl)c(COc2cccc3c(-c4ncnn4C)cc(C)nc23)c([C@H](C)N2CC[C@H](N)C2=O)c1. The van der Waals surface area contributed by atoms with Gasteiger partial charge in [-0.2, -0.15) is 5.10 Å². The van der Waals surface area contributed by atoms with Crippen molar-refractivity contribution in [2.45, 2.75) is 45.9 Å². The molecule has 1 saturated heterocycles. The number of pyridine rings is 1. The summed E-state index contributed by atoms with van der Waals surface area (Å²) < 4.78 is 8.11. The largest absolute Gasteiger partial charge is 0.487 e. The van der Waals surface area contributed by atoms with E-state index in [1.807, 2.05) is 63.1 Å². The molecule has 4 aromatic rings. The summed E-state index contributed by atoms with van der Waals surface area (Å²) in [4.78, 5) is 23.7. The number of carbonyl (C=O) groups is 1. The Bertz CT molecular complexity index is 1470. The third-order valence-electron chi connectivity index (χ3n) is 6.83. The highest BCUT2D eigenvalue weighted by Crippen LogP contribution is 2.35. The average molecular weight is 505 g/mol. The van der Waals surface area contributed by atoms with Crippen molar-refractivity contribution in [3.63, 3.8) is 0 Å². The first-order chi connectivity index (χ1) is 17.2. The molecule has 1 fully saturated rings. The van der Waals surface area contributed by atoms with Gasteiger partial charge in [0.25, 0.3) is 0 Å². The highest BCUT2D eigenvalue weighted by Gasteiger charge is 2.33. The molecule has 0 unspecified atom stereocenters. The Labute approximate surface area is 215 Å². The normalized spacial score (nSPS) is 16.7. The molecule has 8 nitrogen and oxygen atoms in total. The summed E-state index contributed by atoms with van der Waals surface area (Å²) in [5.41, 5.74) is 11.4. The smallest absolute Gasteiger partial charge is 0.240 e. The van der Waals surface area contributed by atoms with Crippen molar-refractivity contribution in [3.05, 3.63) is 70.1 Å². The zero-order chi connectivity index (χ0) is 25.6. The first kappa shape index (κ1) is 24.2. The number of nitrogens with two attached hydrogens (primary N) is 1. The lowest BCUT2D eigenvalue weighted by Crippen LogP contribution is -2.36. The summed E-state index contributed by atoms with van der Waals surface area (Å²) in [6, 6.07) is 11.2. The summed E-state index contributed by atoms with van der Waals surface area (Å²) in [6.45, 7) is 6.83. The third-order valence-corrected chi connectivity index (χ3v) is 7.17. The van der Waals surface area contributed by atoms with E-state index in [1.54, 1.807) is 4.68 Å².